The number of amides is 1. The number of aliphatic carboxylic acids is 1. The van der Waals surface area contributed by atoms with Gasteiger partial charge < -0.3 is 10.4 Å². The lowest BCUT2D eigenvalue weighted by atomic mass is 9.47. The molecule has 0 heterocycles. The first-order valence-electron chi connectivity index (χ1n) is 3.69. The van der Waals surface area contributed by atoms with Crippen LogP contribution in [0.1, 0.15) is 19.3 Å². The average molecular weight is 173 g/mol. The second-order valence-corrected chi connectivity index (χ2v) is 3.72. The Morgan fingerprint density at radius 2 is 1.83 bits per heavy atom. The van der Waals surface area contributed by atoms with Crippen molar-refractivity contribution in [3.63, 3.8) is 0 Å². The second-order valence-electron chi connectivity index (χ2n) is 3.72. The molecule has 0 radical (unpaired) electrons. The zero-order chi connectivity index (χ0) is 8.98. The van der Waals surface area contributed by atoms with Crippen molar-refractivity contribution < 1.29 is 19.1 Å². The summed E-state index contributed by atoms with van der Waals surface area (Å²) in [6.07, 6.45) is 0.830. The Morgan fingerprint density at radius 1 is 1.33 bits per heavy atom. The number of hydrogen-bond donors (Lipinski definition) is 2. The highest BCUT2D eigenvalue weighted by Gasteiger charge is 2.70. The number of carbonyl (C=O) groups excluding carboxylic acids is 1. The molecule has 3 aliphatic rings. The van der Waals surface area contributed by atoms with Crippen LogP contribution in [0.2, 0.25) is 0 Å². The quantitative estimate of drug-likeness (QED) is 0.541. The number of carbonyl (C=O) groups is 2. The van der Waals surface area contributed by atoms with Crippen LogP contribution < -0.4 is 5.32 Å². The molecule has 0 saturated heterocycles. The minimum absolute atomic E-state index is 0.277. The van der Waals surface area contributed by atoms with E-state index >= 15 is 0 Å². The van der Waals surface area contributed by atoms with Crippen molar-refractivity contribution in [3.05, 3.63) is 0 Å². The highest BCUT2D eigenvalue weighted by Crippen LogP contribution is 2.62. The second kappa shape index (κ2) is 1.78. The van der Waals surface area contributed by atoms with Crippen molar-refractivity contribution in [2.45, 2.75) is 30.5 Å². The Balaban J connectivity index is 1.90. The predicted molar refractivity (Wildman–Crippen MR) is 36.2 cm³/mol. The summed E-state index contributed by atoms with van der Waals surface area (Å²) in [6, 6.07) is 0. The van der Waals surface area contributed by atoms with E-state index in [-0.39, 0.29) is 19.3 Å². The van der Waals surface area contributed by atoms with Crippen molar-refractivity contribution in [2.24, 2.45) is 0 Å². The van der Waals surface area contributed by atoms with Crippen LogP contribution in [-0.2, 0) is 9.59 Å². The van der Waals surface area contributed by atoms with Gasteiger partial charge in [0.05, 0.1) is 0 Å². The Hall–Kier alpha value is -1.13. The molecule has 0 atom stereocenters. The largest absolute Gasteiger partial charge is 0.474 e. The van der Waals surface area contributed by atoms with E-state index in [9.17, 15) is 14.0 Å². The molecule has 1 amide bonds. The molecule has 66 valence electrons. The highest BCUT2D eigenvalue weighted by atomic mass is 19.1. The van der Waals surface area contributed by atoms with Gasteiger partial charge in [-0.2, -0.15) is 0 Å². The highest BCUT2D eigenvalue weighted by molar-refractivity contribution is 6.31. The molecule has 3 rings (SSSR count). The summed E-state index contributed by atoms with van der Waals surface area (Å²) in [4.78, 5) is 20.8. The van der Waals surface area contributed by atoms with Crippen molar-refractivity contribution >= 4 is 11.9 Å². The maximum atomic E-state index is 12.9. The van der Waals surface area contributed by atoms with Crippen LogP contribution in [0.5, 0.6) is 0 Å². The Morgan fingerprint density at radius 3 is 2.17 bits per heavy atom. The molecular formula is C7H8FNO3. The van der Waals surface area contributed by atoms with E-state index in [1.54, 1.807) is 0 Å². The summed E-state index contributed by atoms with van der Waals surface area (Å²) in [7, 11) is 0. The first-order chi connectivity index (χ1) is 5.45. The fourth-order valence-electron chi connectivity index (χ4n) is 2.09. The van der Waals surface area contributed by atoms with E-state index in [0.717, 1.165) is 0 Å². The fraction of sp³-hybridized carbons (Fsp3) is 0.714. The van der Waals surface area contributed by atoms with E-state index in [4.69, 9.17) is 5.11 Å². The third-order valence-electron chi connectivity index (χ3n) is 2.54. The van der Waals surface area contributed by atoms with Crippen LogP contribution in [0.3, 0.4) is 0 Å². The molecule has 4 nitrogen and oxygen atoms in total. The molecule has 3 saturated carbocycles. The standard InChI is InChI=1S/C7H8FNO3/c8-6-1-7(2-6,3-6)9-4(10)5(11)12/h1-3H2,(H,9,10)(H,11,12). The molecule has 0 unspecified atom stereocenters. The number of nitrogens with one attached hydrogen (secondary N) is 1. The van der Waals surface area contributed by atoms with Gasteiger partial charge in [-0.3, -0.25) is 4.79 Å². The van der Waals surface area contributed by atoms with Gasteiger partial charge in [0, 0.05) is 24.8 Å². The molecule has 0 aromatic carbocycles. The minimum atomic E-state index is -1.51. The SMILES string of the molecule is O=C(O)C(=O)NC12CC(F)(C1)C2. The zero-order valence-corrected chi connectivity index (χ0v) is 6.26. The number of alkyl halides is 1. The molecule has 2 N–H and O–H groups in total. The third kappa shape index (κ3) is 0.821. The summed E-state index contributed by atoms with van der Waals surface area (Å²) < 4.78 is 12.9. The van der Waals surface area contributed by atoms with E-state index in [2.05, 4.69) is 5.32 Å². The van der Waals surface area contributed by atoms with Crippen molar-refractivity contribution in [3.8, 4) is 0 Å². The van der Waals surface area contributed by atoms with Gasteiger partial charge in [-0.1, -0.05) is 0 Å². The first kappa shape index (κ1) is 7.52. The summed E-state index contributed by atoms with van der Waals surface area (Å²) in [6.45, 7) is 0. The summed E-state index contributed by atoms with van der Waals surface area (Å²) in [5.74, 6) is -2.54. The van der Waals surface area contributed by atoms with E-state index in [0.29, 0.717) is 0 Å². The number of carboxylic acid groups (broad SMARTS) is 1. The van der Waals surface area contributed by atoms with Crippen LogP contribution >= 0.6 is 0 Å². The molecule has 2 bridgehead atoms. The van der Waals surface area contributed by atoms with Crippen LogP contribution in [-0.4, -0.2) is 28.2 Å². The maximum Gasteiger partial charge on any atom is 0.394 e. The van der Waals surface area contributed by atoms with Gasteiger partial charge >= 0.3 is 11.9 Å². The van der Waals surface area contributed by atoms with Crippen LogP contribution in [0, 0.1) is 0 Å². The van der Waals surface area contributed by atoms with Gasteiger partial charge in [-0.25, -0.2) is 9.18 Å². The lowest BCUT2D eigenvalue weighted by molar-refractivity contribution is -0.179. The van der Waals surface area contributed by atoms with Crippen molar-refractivity contribution in [2.75, 3.05) is 0 Å². The van der Waals surface area contributed by atoms with Gasteiger partial charge in [0.15, 0.2) is 0 Å². The first-order valence-corrected chi connectivity index (χ1v) is 3.69. The fourth-order valence-corrected chi connectivity index (χ4v) is 2.09. The van der Waals surface area contributed by atoms with E-state index < -0.39 is 23.1 Å². The normalized spacial score (nSPS) is 42.4. The van der Waals surface area contributed by atoms with Gasteiger partial charge in [0.1, 0.15) is 5.67 Å². The topological polar surface area (TPSA) is 66.4 Å². The Bertz CT molecular complexity index is 256. The van der Waals surface area contributed by atoms with Crippen LogP contribution in [0.4, 0.5) is 4.39 Å². The molecule has 12 heavy (non-hydrogen) atoms. The molecule has 0 aromatic rings. The predicted octanol–water partition coefficient (Wildman–Crippen LogP) is -0.168. The lowest BCUT2D eigenvalue weighted by Crippen LogP contribution is -2.77. The molecule has 0 spiro atoms. The van der Waals surface area contributed by atoms with Crippen molar-refractivity contribution in [1.82, 2.24) is 5.32 Å². The van der Waals surface area contributed by atoms with E-state index in [1.165, 1.54) is 0 Å². The molecular weight excluding hydrogens is 165 g/mol. The van der Waals surface area contributed by atoms with Gasteiger partial charge in [0.25, 0.3) is 0 Å². The zero-order valence-electron chi connectivity index (χ0n) is 6.26. The Labute approximate surface area is 67.7 Å². The average Bonchev–Trinajstić information content (AvgIpc) is 1.81. The van der Waals surface area contributed by atoms with Crippen molar-refractivity contribution in [1.29, 1.82) is 0 Å². The van der Waals surface area contributed by atoms with E-state index in [1.807, 2.05) is 0 Å². The number of carboxylic acids is 1. The molecule has 0 aliphatic heterocycles. The lowest BCUT2D eigenvalue weighted by Gasteiger charge is -2.65. The summed E-state index contributed by atoms with van der Waals surface area (Å²) in [5, 5.41) is 10.5. The smallest absolute Gasteiger partial charge is 0.394 e. The van der Waals surface area contributed by atoms with Crippen LogP contribution in [0.15, 0.2) is 0 Å². The monoisotopic (exact) mass is 173 g/mol. The third-order valence-corrected chi connectivity index (χ3v) is 2.54. The van der Waals surface area contributed by atoms with Crippen LogP contribution in [0.25, 0.3) is 0 Å². The number of hydrogen-bond acceptors (Lipinski definition) is 2. The molecule has 3 aliphatic carbocycles. The van der Waals surface area contributed by atoms with Gasteiger partial charge in [0.2, 0.25) is 0 Å². The summed E-state index contributed by atoms with van der Waals surface area (Å²) >= 11 is 0. The summed E-state index contributed by atoms with van der Waals surface area (Å²) in [5.41, 5.74) is -1.63. The molecule has 3 fully saturated rings. The molecule has 0 aromatic heterocycles. The number of halogens is 1. The number of rotatable bonds is 1. The van der Waals surface area contributed by atoms with Gasteiger partial charge in [-0.05, 0) is 0 Å². The maximum absolute atomic E-state index is 12.9. The Kier molecular flexibility index (Phi) is 1.12. The minimum Gasteiger partial charge on any atom is -0.474 e. The van der Waals surface area contributed by atoms with Gasteiger partial charge in [-0.15, -0.1) is 0 Å². The molecule has 5 heteroatoms.